The molecule has 0 aliphatic carbocycles. The van der Waals surface area contributed by atoms with Gasteiger partial charge in [0.2, 0.25) is 0 Å². The second kappa shape index (κ2) is 7.02. The first kappa shape index (κ1) is 16.4. The van der Waals surface area contributed by atoms with Crippen molar-refractivity contribution in [2.24, 2.45) is 0 Å². The summed E-state index contributed by atoms with van der Waals surface area (Å²) in [7, 11) is 0. The zero-order chi connectivity index (χ0) is 17.9. The number of benzene rings is 2. The third-order valence-corrected chi connectivity index (χ3v) is 4.48. The maximum Gasteiger partial charge on any atom is 0.137 e. The highest BCUT2D eigenvalue weighted by Gasteiger charge is 2.10. The number of nitrogens with one attached hydrogen (secondary N) is 1. The molecule has 4 rings (SSSR count). The molecule has 0 fully saturated rings. The van der Waals surface area contributed by atoms with Crippen molar-refractivity contribution >= 4 is 28.2 Å². The van der Waals surface area contributed by atoms with Crippen molar-refractivity contribution < 1.29 is 5.11 Å². The minimum absolute atomic E-state index is 0.252. The number of phenols is 1. The Morgan fingerprint density at radius 3 is 2.69 bits per heavy atom. The molecule has 4 nitrogen and oxygen atoms in total. The van der Waals surface area contributed by atoms with Crippen molar-refractivity contribution in [1.82, 2.24) is 9.97 Å². The summed E-state index contributed by atoms with van der Waals surface area (Å²) in [5, 5.41) is 14.4. The summed E-state index contributed by atoms with van der Waals surface area (Å²) in [5.74, 6) is 0.252. The van der Waals surface area contributed by atoms with E-state index in [1.165, 1.54) is 0 Å². The molecule has 0 spiro atoms. The van der Waals surface area contributed by atoms with Gasteiger partial charge in [-0.2, -0.15) is 0 Å². The molecule has 0 saturated heterocycles. The van der Waals surface area contributed by atoms with Crippen molar-refractivity contribution in [1.29, 1.82) is 0 Å². The number of rotatable bonds is 4. The van der Waals surface area contributed by atoms with Crippen LogP contribution < -0.4 is 5.32 Å². The lowest BCUT2D eigenvalue weighted by Crippen LogP contribution is -2.00. The molecule has 128 valence electrons. The Kier molecular flexibility index (Phi) is 4.42. The Labute approximate surface area is 156 Å². The van der Waals surface area contributed by atoms with E-state index in [4.69, 9.17) is 11.6 Å². The van der Waals surface area contributed by atoms with E-state index in [1.54, 1.807) is 24.5 Å². The third kappa shape index (κ3) is 3.32. The molecule has 0 aliphatic rings. The molecule has 0 aliphatic heterocycles. The van der Waals surface area contributed by atoms with Crippen LogP contribution in [0.4, 0.5) is 5.69 Å². The summed E-state index contributed by atoms with van der Waals surface area (Å²) >= 11 is 6.38. The first-order valence-electron chi connectivity index (χ1n) is 8.22. The largest absolute Gasteiger partial charge is 0.508 e. The Balaban J connectivity index is 1.68. The number of hydrogen-bond acceptors (Lipinski definition) is 4. The predicted molar refractivity (Wildman–Crippen MR) is 105 cm³/mol. The molecule has 0 atom stereocenters. The number of pyridine rings is 2. The molecule has 0 unspecified atom stereocenters. The van der Waals surface area contributed by atoms with Gasteiger partial charge in [0.05, 0.1) is 17.4 Å². The van der Waals surface area contributed by atoms with E-state index < -0.39 is 0 Å². The van der Waals surface area contributed by atoms with Crippen LogP contribution in [0.15, 0.2) is 73.1 Å². The van der Waals surface area contributed by atoms with E-state index in [1.807, 2.05) is 48.5 Å². The summed E-state index contributed by atoms with van der Waals surface area (Å²) in [4.78, 5) is 8.73. The van der Waals surface area contributed by atoms with Crippen molar-refractivity contribution in [3.05, 3.63) is 83.8 Å². The van der Waals surface area contributed by atoms with Gasteiger partial charge in [-0.15, -0.1) is 0 Å². The number of halogens is 1. The minimum atomic E-state index is 0.252. The van der Waals surface area contributed by atoms with Gasteiger partial charge in [-0.1, -0.05) is 41.9 Å². The van der Waals surface area contributed by atoms with Gasteiger partial charge in [0.25, 0.3) is 0 Å². The van der Waals surface area contributed by atoms with Gasteiger partial charge < -0.3 is 10.4 Å². The standard InChI is InChI=1S/C21H16ClN3O/c22-21-19(17-6-2-8-20-18(17)7-3-9-23-20)11-15(13-25-21)24-12-14-4-1-5-16(26)10-14/h1-11,13,24,26H,12H2. The molecule has 2 heterocycles. The van der Waals surface area contributed by atoms with Gasteiger partial charge in [0, 0.05) is 23.7 Å². The van der Waals surface area contributed by atoms with Crippen LogP contribution in [0.1, 0.15) is 5.56 Å². The number of phenolic OH excluding ortho intramolecular Hbond substituents is 1. The Hall–Kier alpha value is -3.11. The van der Waals surface area contributed by atoms with Crippen LogP contribution >= 0.6 is 11.6 Å². The molecular formula is C21H16ClN3O. The second-order valence-electron chi connectivity index (χ2n) is 5.96. The molecule has 4 aromatic rings. The smallest absolute Gasteiger partial charge is 0.137 e. The molecule has 0 amide bonds. The summed E-state index contributed by atoms with van der Waals surface area (Å²) in [6.45, 7) is 0.578. The van der Waals surface area contributed by atoms with Gasteiger partial charge in [0.1, 0.15) is 10.9 Å². The first-order valence-corrected chi connectivity index (χ1v) is 8.60. The molecule has 0 saturated carbocycles. The van der Waals surface area contributed by atoms with E-state index >= 15 is 0 Å². The van der Waals surface area contributed by atoms with Crippen LogP contribution in [-0.4, -0.2) is 15.1 Å². The average Bonchev–Trinajstić information content (AvgIpc) is 2.67. The van der Waals surface area contributed by atoms with Gasteiger partial charge in [-0.25, -0.2) is 4.98 Å². The number of anilines is 1. The summed E-state index contributed by atoms with van der Waals surface area (Å²) in [5.41, 5.74) is 4.60. The highest BCUT2D eigenvalue weighted by molar-refractivity contribution is 6.32. The number of aromatic nitrogens is 2. The predicted octanol–water partition coefficient (Wildman–Crippen LogP) is 5.27. The van der Waals surface area contributed by atoms with Crippen LogP contribution in [0.5, 0.6) is 5.75 Å². The fraction of sp³-hybridized carbons (Fsp3) is 0.0476. The van der Waals surface area contributed by atoms with Crippen molar-refractivity contribution in [2.45, 2.75) is 6.54 Å². The zero-order valence-electron chi connectivity index (χ0n) is 13.9. The van der Waals surface area contributed by atoms with Crippen LogP contribution in [0.25, 0.3) is 22.0 Å². The fourth-order valence-electron chi connectivity index (χ4n) is 2.94. The van der Waals surface area contributed by atoms with Gasteiger partial charge in [-0.3, -0.25) is 4.98 Å². The highest BCUT2D eigenvalue weighted by Crippen LogP contribution is 2.33. The number of nitrogens with zero attached hydrogens (tertiary/aromatic N) is 2. The molecular weight excluding hydrogens is 346 g/mol. The molecule has 26 heavy (non-hydrogen) atoms. The lowest BCUT2D eigenvalue weighted by molar-refractivity contribution is 0.474. The van der Waals surface area contributed by atoms with Crippen LogP contribution in [0, 0.1) is 0 Å². The minimum Gasteiger partial charge on any atom is -0.508 e. The van der Waals surface area contributed by atoms with Crippen LogP contribution in [-0.2, 0) is 6.54 Å². The monoisotopic (exact) mass is 361 g/mol. The first-order chi connectivity index (χ1) is 12.7. The summed E-state index contributed by atoms with van der Waals surface area (Å²) < 4.78 is 0. The SMILES string of the molecule is Oc1cccc(CNc2cnc(Cl)c(-c3cccc4ncccc34)c2)c1. The number of aromatic hydroxyl groups is 1. The maximum absolute atomic E-state index is 9.58. The quantitative estimate of drug-likeness (QED) is 0.486. The van der Waals surface area contributed by atoms with E-state index in [0.717, 1.165) is 33.3 Å². The van der Waals surface area contributed by atoms with Gasteiger partial charge in [-0.05, 0) is 41.5 Å². The van der Waals surface area contributed by atoms with Crippen molar-refractivity contribution in [2.75, 3.05) is 5.32 Å². The topological polar surface area (TPSA) is 58.0 Å². The Morgan fingerprint density at radius 1 is 0.923 bits per heavy atom. The fourth-order valence-corrected chi connectivity index (χ4v) is 3.15. The van der Waals surface area contributed by atoms with Crippen molar-refractivity contribution in [3.63, 3.8) is 0 Å². The van der Waals surface area contributed by atoms with E-state index in [2.05, 4.69) is 15.3 Å². The number of hydrogen-bond donors (Lipinski definition) is 2. The van der Waals surface area contributed by atoms with Crippen LogP contribution in [0.3, 0.4) is 0 Å². The van der Waals surface area contributed by atoms with Gasteiger partial charge >= 0.3 is 0 Å². The Bertz CT molecular complexity index is 1080. The molecule has 2 N–H and O–H groups in total. The summed E-state index contributed by atoms with van der Waals surface area (Å²) in [6.07, 6.45) is 3.48. The molecule has 5 heteroatoms. The second-order valence-corrected chi connectivity index (χ2v) is 6.32. The van der Waals surface area contributed by atoms with Crippen LogP contribution in [0.2, 0.25) is 5.15 Å². The molecule has 0 bridgehead atoms. The maximum atomic E-state index is 9.58. The highest BCUT2D eigenvalue weighted by atomic mass is 35.5. The van der Waals surface area contributed by atoms with Crippen molar-refractivity contribution in [3.8, 4) is 16.9 Å². The van der Waals surface area contributed by atoms with Gasteiger partial charge in [0.15, 0.2) is 0 Å². The lowest BCUT2D eigenvalue weighted by Gasteiger charge is -2.11. The average molecular weight is 362 g/mol. The van der Waals surface area contributed by atoms with E-state index in [-0.39, 0.29) is 5.75 Å². The van der Waals surface area contributed by atoms with E-state index in [0.29, 0.717) is 11.7 Å². The zero-order valence-corrected chi connectivity index (χ0v) is 14.6. The van der Waals surface area contributed by atoms with E-state index in [9.17, 15) is 5.11 Å². The molecule has 0 radical (unpaired) electrons. The molecule has 2 aromatic carbocycles. The molecule has 2 aromatic heterocycles. The number of fused-ring (bicyclic) bond motifs is 1. The normalized spacial score (nSPS) is 10.8. The third-order valence-electron chi connectivity index (χ3n) is 4.18. The summed E-state index contributed by atoms with van der Waals surface area (Å²) in [6, 6.07) is 19.0. The Morgan fingerprint density at radius 2 is 1.81 bits per heavy atom. The lowest BCUT2D eigenvalue weighted by atomic mass is 10.0.